The van der Waals surface area contributed by atoms with Crippen molar-refractivity contribution in [1.29, 1.82) is 0 Å². The number of benzene rings is 1. The number of H-pyrrole nitrogens is 2. The molecule has 102 valence electrons. The van der Waals surface area contributed by atoms with Crippen LogP contribution in [-0.4, -0.2) is 19.5 Å². The Hall–Kier alpha value is -2.34. The molecule has 7 heteroatoms. The molecule has 0 saturated heterocycles. The number of halogens is 1. The van der Waals surface area contributed by atoms with Gasteiger partial charge in [-0.2, -0.15) is 0 Å². The molecule has 0 amide bonds. The van der Waals surface area contributed by atoms with Crippen LogP contribution in [0.1, 0.15) is 5.56 Å². The second kappa shape index (κ2) is 4.35. The molecular weight excluding hydrogens is 280 g/mol. The third-order valence-corrected chi connectivity index (χ3v) is 3.61. The molecule has 0 fully saturated rings. The number of fused-ring (bicyclic) bond motifs is 1. The van der Waals surface area contributed by atoms with E-state index in [9.17, 15) is 9.59 Å². The number of nitrogens with one attached hydrogen (secondary N) is 2. The summed E-state index contributed by atoms with van der Waals surface area (Å²) in [7, 11) is 1.55. The van der Waals surface area contributed by atoms with Crippen LogP contribution in [0.5, 0.6) is 0 Å². The lowest BCUT2D eigenvalue weighted by molar-refractivity contribution is 0.832. The summed E-state index contributed by atoms with van der Waals surface area (Å²) in [5.41, 5.74) is 1.33. The summed E-state index contributed by atoms with van der Waals surface area (Å²) >= 11 is 5.99. The molecule has 3 aromatic rings. The van der Waals surface area contributed by atoms with E-state index in [2.05, 4.69) is 15.0 Å². The zero-order valence-corrected chi connectivity index (χ0v) is 11.6. The first-order valence-corrected chi connectivity index (χ1v) is 6.30. The summed E-state index contributed by atoms with van der Waals surface area (Å²) in [6, 6.07) is 5.44. The molecule has 1 aromatic carbocycles. The van der Waals surface area contributed by atoms with Gasteiger partial charge < -0.3 is 4.98 Å². The second-order valence-corrected chi connectivity index (χ2v) is 4.97. The molecule has 0 aliphatic rings. The molecule has 20 heavy (non-hydrogen) atoms. The summed E-state index contributed by atoms with van der Waals surface area (Å²) in [5.74, 6) is 0.520. The lowest BCUT2D eigenvalue weighted by Gasteiger charge is -2.00. The quantitative estimate of drug-likeness (QED) is 0.714. The van der Waals surface area contributed by atoms with Gasteiger partial charge >= 0.3 is 5.69 Å². The molecule has 0 radical (unpaired) electrons. The Kier molecular flexibility index (Phi) is 2.76. The van der Waals surface area contributed by atoms with Gasteiger partial charge in [-0.3, -0.25) is 14.3 Å². The van der Waals surface area contributed by atoms with Gasteiger partial charge in [0.25, 0.3) is 5.56 Å². The number of nitrogens with zero attached hydrogens (tertiary/aromatic N) is 2. The van der Waals surface area contributed by atoms with Crippen molar-refractivity contribution in [2.24, 2.45) is 7.05 Å². The second-order valence-electron chi connectivity index (χ2n) is 4.57. The lowest BCUT2D eigenvalue weighted by atomic mass is 10.1. The monoisotopic (exact) mass is 290 g/mol. The van der Waals surface area contributed by atoms with Crippen LogP contribution in [0.3, 0.4) is 0 Å². The average molecular weight is 291 g/mol. The van der Waals surface area contributed by atoms with Crippen LogP contribution in [-0.2, 0) is 7.05 Å². The number of aromatic nitrogens is 4. The maximum Gasteiger partial charge on any atom is 0.329 e. The van der Waals surface area contributed by atoms with Crippen molar-refractivity contribution in [3.63, 3.8) is 0 Å². The predicted octanol–water partition coefficient (Wildman–Crippen LogP) is 1.58. The molecule has 0 bridgehead atoms. The van der Waals surface area contributed by atoms with Crippen molar-refractivity contribution in [3.05, 3.63) is 49.6 Å². The number of hydrogen-bond donors (Lipinski definition) is 2. The van der Waals surface area contributed by atoms with Crippen molar-refractivity contribution >= 4 is 22.8 Å². The Morgan fingerprint density at radius 3 is 2.70 bits per heavy atom. The first-order valence-electron chi connectivity index (χ1n) is 5.93. The van der Waals surface area contributed by atoms with Gasteiger partial charge in [-0.1, -0.05) is 11.6 Å². The minimum atomic E-state index is -0.493. The Balaban J connectivity index is 2.31. The van der Waals surface area contributed by atoms with Crippen LogP contribution < -0.4 is 11.2 Å². The van der Waals surface area contributed by atoms with Gasteiger partial charge in [0.2, 0.25) is 0 Å². The maximum atomic E-state index is 11.8. The van der Waals surface area contributed by atoms with Crippen LogP contribution in [0.15, 0.2) is 27.8 Å². The van der Waals surface area contributed by atoms with Gasteiger partial charge in [0.15, 0.2) is 5.65 Å². The molecule has 0 saturated carbocycles. The van der Waals surface area contributed by atoms with Crippen molar-refractivity contribution in [3.8, 4) is 11.4 Å². The number of aromatic amines is 2. The topological polar surface area (TPSA) is 83.5 Å². The van der Waals surface area contributed by atoms with Crippen molar-refractivity contribution in [2.75, 3.05) is 0 Å². The van der Waals surface area contributed by atoms with Gasteiger partial charge in [-0.25, -0.2) is 9.78 Å². The third-order valence-electron chi connectivity index (χ3n) is 3.19. The summed E-state index contributed by atoms with van der Waals surface area (Å²) in [5, 5.41) is 0.662. The van der Waals surface area contributed by atoms with E-state index in [-0.39, 0.29) is 5.52 Å². The minimum absolute atomic E-state index is 0.273. The van der Waals surface area contributed by atoms with Gasteiger partial charge in [-0.15, -0.1) is 0 Å². The molecule has 0 spiro atoms. The van der Waals surface area contributed by atoms with Crippen LogP contribution >= 0.6 is 11.6 Å². The predicted molar refractivity (Wildman–Crippen MR) is 77.1 cm³/mol. The minimum Gasteiger partial charge on any atom is -0.332 e. The molecule has 0 aliphatic carbocycles. The van der Waals surface area contributed by atoms with Gasteiger partial charge in [0, 0.05) is 17.6 Å². The highest BCUT2D eigenvalue weighted by molar-refractivity contribution is 6.31. The average Bonchev–Trinajstić information content (AvgIpc) is 2.85. The number of imidazole rings is 1. The van der Waals surface area contributed by atoms with E-state index in [4.69, 9.17) is 11.6 Å². The molecular formula is C13H11ClN4O2. The van der Waals surface area contributed by atoms with E-state index >= 15 is 0 Å². The van der Waals surface area contributed by atoms with E-state index in [1.54, 1.807) is 19.2 Å². The largest absolute Gasteiger partial charge is 0.332 e. The highest BCUT2D eigenvalue weighted by atomic mass is 35.5. The van der Waals surface area contributed by atoms with E-state index in [0.717, 1.165) is 11.1 Å². The van der Waals surface area contributed by atoms with Crippen molar-refractivity contribution < 1.29 is 0 Å². The summed E-state index contributed by atoms with van der Waals surface area (Å²) in [6.45, 7) is 1.89. The van der Waals surface area contributed by atoms with Crippen LogP contribution in [0.2, 0.25) is 5.02 Å². The SMILES string of the molecule is Cc1cc(-c2nc3c([nH]2)c(=O)[nH]c(=O)n3C)ccc1Cl. The van der Waals surface area contributed by atoms with Gasteiger partial charge in [-0.05, 0) is 30.7 Å². The number of hydrogen-bond acceptors (Lipinski definition) is 3. The Labute approximate surface area is 118 Å². The zero-order valence-electron chi connectivity index (χ0n) is 10.8. The molecule has 2 aromatic heterocycles. The van der Waals surface area contributed by atoms with Crippen molar-refractivity contribution in [2.45, 2.75) is 6.92 Å². The van der Waals surface area contributed by atoms with Crippen molar-refractivity contribution in [1.82, 2.24) is 19.5 Å². The normalized spacial score (nSPS) is 11.2. The lowest BCUT2D eigenvalue weighted by Crippen LogP contribution is -2.28. The molecule has 6 nitrogen and oxygen atoms in total. The maximum absolute atomic E-state index is 11.8. The Bertz CT molecular complexity index is 936. The highest BCUT2D eigenvalue weighted by Gasteiger charge is 2.12. The standard InChI is InChI=1S/C13H11ClN4O2/c1-6-5-7(3-4-8(6)14)10-15-9-11(16-10)18(2)13(20)17-12(9)19/h3-5H,1-2H3,(H,15,16)(H,17,19,20). The molecule has 2 heterocycles. The van der Waals surface area contributed by atoms with E-state index in [0.29, 0.717) is 16.5 Å². The fourth-order valence-electron chi connectivity index (χ4n) is 2.03. The molecule has 3 rings (SSSR count). The Morgan fingerprint density at radius 2 is 2.00 bits per heavy atom. The zero-order chi connectivity index (χ0) is 14.4. The number of rotatable bonds is 1. The van der Waals surface area contributed by atoms with E-state index in [1.807, 2.05) is 13.0 Å². The van der Waals surface area contributed by atoms with Gasteiger partial charge in [0.1, 0.15) is 11.3 Å². The van der Waals surface area contributed by atoms with Gasteiger partial charge in [0.05, 0.1) is 0 Å². The van der Waals surface area contributed by atoms with Crippen LogP contribution in [0.25, 0.3) is 22.6 Å². The summed E-state index contributed by atoms with van der Waals surface area (Å²) in [6.07, 6.45) is 0. The fourth-order valence-corrected chi connectivity index (χ4v) is 2.15. The van der Waals surface area contributed by atoms with E-state index in [1.165, 1.54) is 4.57 Å². The molecule has 2 N–H and O–H groups in total. The first-order chi connectivity index (χ1) is 9.47. The smallest absolute Gasteiger partial charge is 0.329 e. The van der Waals surface area contributed by atoms with Crippen LogP contribution in [0.4, 0.5) is 0 Å². The molecule has 0 unspecified atom stereocenters. The van der Waals surface area contributed by atoms with E-state index < -0.39 is 11.2 Å². The fraction of sp³-hybridized carbons (Fsp3) is 0.154. The highest BCUT2D eigenvalue weighted by Crippen LogP contribution is 2.23. The molecule has 0 aliphatic heterocycles. The summed E-state index contributed by atoms with van der Waals surface area (Å²) in [4.78, 5) is 32.8. The molecule has 0 atom stereocenters. The number of aryl methyl sites for hydroxylation is 2. The summed E-state index contributed by atoms with van der Waals surface area (Å²) < 4.78 is 1.29. The Morgan fingerprint density at radius 1 is 1.25 bits per heavy atom. The first kappa shape index (κ1) is 12.7. The third kappa shape index (κ3) is 1.85. The van der Waals surface area contributed by atoms with Crippen LogP contribution in [0, 0.1) is 6.92 Å².